The van der Waals surface area contributed by atoms with E-state index in [2.05, 4.69) is 4.98 Å². The van der Waals surface area contributed by atoms with E-state index in [0.717, 1.165) is 18.7 Å². The van der Waals surface area contributed by atoms with Gasteiger partial charge in [-0.2, -0.15) is 0 Å². The van der Waals surface area contributed by atoms with Crippen molar-refractivity contribution < 1.29 is 14.3 Å². The minimum atomic E-state index is -0.561. The van der Waals surface area contributed by atoms with Gasteiger partial charge in [0.2, 0.25) is 5.91 Å². The van der Waals surface area contributed by atoms with Crippen molar-refractivity contribution in [2.45, 2.75) is 50.4 Å². The molecular formula is C18H26N4O3. The summed E-state index contributed by atoms with van der Waals surface area (Å²) in [7, 11) is 3.50. The monoisotopic (exact) mass is 346 g/mol. The van der Waals surface area contributed by atoms with Gasteiger partial charge in [-0.25, -0.2) is 4.98 Å². The third-order valence-corrected chi connectivity index (χ3v) is 5.91. The van der Waals surface area contributed by atoms with Gasteiger partial charge < -0.3 is 19.1 Å². The molecule has 1 unspecified atom stereocenters. The Morgan fingerprint density at radius 1 is 1.28 bits per heavy atom. The second-order valence-corrected chi connectivity index (χ2v) is 7.69. The average molecular weight is 346 g/mol. The Kier molecular flexibility index (Phi) is 4.06. The summed E-state index contributed by atoms with van der Waals surface area (Å²) in [6.07, 6.45) is 7.81. The summed E-state index contributed by atoms with van der Waals surface area (Å²) < 4.78 is 8.38. The molecule has 0 bridgehead atoms. The number of hydrogen-bond donors (Lipinski definition) is 0. The van der Waals surface area contributed by atoms with Gasteiger partial charge in [0, 0.05) is 58.3 Å². The predicted molar refractivity (Wildman–Crippen MR) is 90.6 cm³/mol. The maximum Gasteiger partial charge on any atom is 0.253 e. The maximum atomic E-state index is 12.5. The second-order valence-electron chi connectivity index (χ2n) is 7.69. The largest absolute Gasteiger partial charge is 0.352 e. The molecule has 136 valence electrons. The average Bonchev–Trinajstić information content (AvgIpc) is 3.02. The van der Waals surface area contributed by atoms with Crippen LogP contribution >= 0.6 is 0 Å². The first-order chi connectivity index (χ1) is 12.0. The van der Waals surface area contributed by atoms with Crippen LogP contribution in [0.3, 0.4) is 0 Å². The van der Waals surface area contributed by atoms with Crippen molar-refractivity contribution in [1.82, 2.24) is 19.4 Å². The van der Waals surface area contributed by atoms with E-state index < -0.39 is 11.7 Å². The highest BCUT2D eigenvalue weighted by Gasteiger charge is 2.48. The number of nitrogens with zero attached hydrogens (tertiary/aromatic N) is 4. The summed E-state index contributed by atoms with van der Waals surface area (Å²) in [5.74, 6) is 1.39. The van der Waals surface area contributed by atoms with Crippen LogP contribution in [0.15, 0.2) is 12.4 Å². The lowest BCUT2D eigenvalue weighted by Gasteiger charge is -2.46. The van der Waals surface area contributed by atoms with Gasteiger partial charge in [0.1, 0.15) is 11.4 Å². The number of carbonyl (C=O) groups is 2. The molecule has 1 spiro atoms. The minimum Gasteiger partial charge on any atom is -0.352 e. The lowest BCUT2D eigenvalue weighted by atomic mass is 9.82. The van der Waals surface area contributed by atoms with Gasteiger partial charge in [-0.05, 0) is 12.8 Å². The Hall–Kier alpha value is -1.89. The number of likely N-dealkylation sites (N-methyl/N-ethyl adjacent to an activating group) is 1. The summed E-state index contributed by atoms with van der Waals surface area (Å²) >= 11 is 0. The first-order valence-electron chi connectivity index (χ1n) is 9.19. The molecule has 2 aliphatic heterocycles. The number of carbonyl (C=O) groups excluding carboxylic acids is 2. The fraction of sp³-hybridized carbons (Fsp3) is 0.722. The van der Waals surface area contributed by atoms with Gasteiger partial charge >= 0.3 is 0 Å². The SMILES string of the molecule is CN(C)C(=O)C1Cn2ccnc2C2(CCN(C(=O)C3CCC3)CC2)O1. The minimum absolute atomic E-state index is 0.0216. The van der Waals surface area contributed by atoms with E-state index >= 15 is 0 Å². The lowest BCUT2D eigenvalue weighted by Crippen LogP contribution is -2.55. The van der Waals surface area contributed by atoms with Gasteiger partial charge in [0.15, 0.2) is 6.10 Å². The Bertz CT molecular complexity index is 672. The molecule has 1 aromatic rings. The van der Waals surface area contributed by atoms with Crippen LogP contribution in [0.5, 0.6) is 0 Å². The molecule has 7 heteroatoms. The van der Waals surface area contributed by atoms with Gasteiger partial charge in [-0.3, -0.25) is 9.59 Å². The Labute approximate surface area is 147 Å². The summed E-state index contributed by atoms with van der Waals surface area (Å²) in [6, 6.07) is 0. The molecule has 1 aliphatic carbocycles. The van der Waals surface area contributed by atoms with Gasteiger partial charge in [0.05, 0.1) is 6.54 Å². The van der Waals surface area contributed by atoms with Crippen molar-refractivity contribution in [2.75, 3.05) is 27.2 Å². The van der Waals surface area contributed by atoms with Crippen molar-refractivity contribution >= 4 is 11.8 Å². The van der Waals surface area contributed by atoms with Crippen LogP contribution in [0.25, 0.3) is 0 Å². The highest BCUT2D eigenvalue weighted by molar-refractivity contribution is 5.81. The van der Waals surface area contributed by atoms with Gasteiger partial charge in [0.25, 0.3) is 5.91 Å². The first-order valence-corrected chi connectivity index (χ1v) is 9.19. The molecule has 25 heavy (non-hydrogen) atoms. The molecule has 1 saturated heterocycles. The van der Waals surface area contributed by atoms with E-state index in [1.165, 1.54) is 6.42 Å². The highest BCUT2D eigenvalue weighted by Crippen LogP contribution is 2.41. The Balaban J connectivity index is 1.53. The van der Waals surface area contributed by atoms with Crippen molar-refractivity contribution in [3.05, 3.63) is 18.2 Å². The molecule has 2 amide bonds. The molecule has 0 N–H and O–H groups in total. The number of fused-ring (bicyclic) bond motifs is 2. The normalized spacial score (nSPS) is 25.4. The standard InChI is InChI=1S/C18H26N4O3/c1-20(2)16(24)14-12-22-11-8-19-17(22)18(25-14)6-9-21(10-7-18)15(23)13-4-3-5-13/h8,11,13-14H,3-7,9-10,12H2,1-2H3. The van der Waals surface area contributed by atoms with E-state index in [1.807, 2.05) is 15.7 Å². The predicted octanol–water partition coefficient (Wildman–Crippen LogP) is 0.988. The van der Waals surface area contributed by atoms with Crippen molar-refractivity contribution in [1.29, 1.82) is 0 Å². The number of aromatic nitrogens is 2. The molecule has 0 radical (unpaired) electrons. The number of likely N-dealkylation sites (tertiary alicyclic amines) is 1. The zero-order valence-electron chi connectivity index (χ0n) is 15.0. The Morgan fingerprint density at radius 2 is 2.00 bits per heavy atom. The number of hydrogen-bond acceptors (Lipinski definition) is 4. The smallest absolute Gasteiger partial charge is 0.253 e. The fourth-order valence-electron chi connectivity index (χ4n) is 4.16. The topological polar surface area (TPSA) is 67.7 Å². The van der Waals surface area contributed by atoms with Crippen LogP contribution in [0, 0.1) is 5.92 Å². The molecule has 1 aromatic heterocycles. The van der Waals surface area contributed by atoms with Crippen molar-refractivity contribution in [2.24, 2.45) is 5.92 Å². The molecular weight excluding hydrogens is 320 g/mol. The first kappa shape index (κ1) is 16.6. The molecule has 2 fully saturated rings. The Morgan fingerprint density at radius 3 is 2.60 bits per heavy atom. The van der Waals surface area contributed by atoms with E-state index in [4.69, 9.17) is 4.74 Å². The molecule has 1 atom stereocenters. The van der Waals surface area contributed by atoms with Crippen LogP contribution in [0.2, 0.25) is 0 Å². The number of rotatable bonds is 2. The zero-order valence-corrected chi connectivity index (χ0v) is 15.0. The van der Waals surface area contributed by atoms with Crippen LogP contribution in [-0.2, 0) is 26.5 Å². The third-order valence-electron chi connectivity index (χ3n) is 5.91. The lowest BCUT2D eigenvalue weighted by molar-refractivity contribution is -0.182. The molecule has 4 rings (SSSR count). The third kappa shape index (κ3) is 2.74. The van der Waals surface area contributed by atoms with E-state index in [-0.39, 0.29) is 11.8 Å². The second kappa shape index (κ2) is 6.12. The van der Waals surface area contributed by atoms with Gasteiger partial charge in [-0.15, -0.1) is 0 Å². The number of amides is 2. The number of imidazole rings is 1. The number of piperidine rings is 1. The van der Waals surface area contributed by atoms with Crippen molar-refractivity contribution in [3.8, 4) is 0 Å². The summed E-state index contributed by atoms with van der Waals surface area (Å²) in [4.78, 5) is 33.0. The molecule has 1 saturated carbocycles. The van der Waals surface area contributed by atoms with Crippen molar-refractivity contribution in [3.63, 3.8) is 0 Å². The van der Waals surface area contributed by atoms with E-state index in [0.29, 0.717) is 38.4 Å². The maximum absolute atomic E-state index is 12.5. The molecule has 3 heterocycles. The van der Waals surface area contributed by atoms with Crippen LogP contribution in [-0.4, -0.2) is 64.5 Å². The summed E-state index contributed by atoms with van der Waals surface area (Å²) in [5, 5.41) is 0. The highest BCUT2D eigenvalue weighted by atomic mass is 16.5. The van der Waals surface area contributed by atoms with E-state index in [9.17, 15) is 9.59 Å². The molecule has 7 nitrogen and oxygen atoms in total. The van der Waals surface area contributed by atoms with Crippen LogP contribution in [0.4, 0.5) is 0 Å². The molecule has 3 aliphatic rings. The van der Waals surface area contributed by atoms with Crippen LogP contribution in [0.1, 0.15) is 37.9 Å². The fourth-order valence-corrected chi connectivity index (χ4v) is 4.16. The molecule has 0 aromatic carbocycles. The number of ether oxygens (including phenoxy) is 1. The van der Waals surface area contributed by atoms with Gasteiger partial charge in [-0.1, -0.05) is 6.42 Å². The summed E-state index contributed by atoms with van der Waals surface area (Å²) in [6.45, 7) is 1.84. The van der Waals surface area contributed by atoms with E-state index in [1.54, 1.807) is 25.2 Å². The van der Waals surface area contributed by atoms with Crippen LogP contribution < -0.4 is 0 Å². The summed E-state index contributed by atoms with van der Waals surface area (Å²) in [5.41, 5.74) is -0.561. The quantitative estimate of drug-likeness (QED) is 0.801. The zero-order chi connectivity index (χ0) is 17.6.